The zero-order valence-corrected chi connectivity index (χ0v) is 35.4. The molecule has 0 aliphatic carbocycles. The number of phenolic OH excluding ortho intramolecular Hbond substituents is 2. The lowest BCUT2D eigenvalue weighted by molar-refractivity contribution is -0.408. The molecule has 2 N–H and O–H groups in total. The first-order valence-corrected chi connectivity index (χ1v) is 19.2. The van der Waals surface area contributed by atoms with Gasteiger partial charge in [-0.25, -0.2) is 0 Å². The van der Waals surface area contributed by atoms with Gasteiger partial charge in [-0.2, -0.15) is 0 Å². The summed E-state index contributed by atoms with van der Waals surface area (Å²) in [6.07, 6.45) is -17.6. The van der Waals surface area contributed by atoms with Crippen LogP contribution in [0, 0.1) is 0 Å². The van der Waals surface area contributed by atoms with Crippen molar-refractivity contribution in [2.75, 3.05) is 13.2 Å². The van der Waals surface area contributed by atoms with Crippen molar-refractivity contribution in [3.8, 4) is 11.5 Å². The second-order valence-corrected chi connectivity index (χ2v) is 14.1. The lowest BCUT2D eigenvalue weighted by atomic mass is 9.94. The monoisotopic (exact) mass is 892 g/mol. The summed E-state index contributed by atoms with van der Waals surface area (Å²) in [4.78, 5) is 100.0. The highest BCUT2D eigenvalue weighted by molar-refractivity contribution is 5.70. The fourth-order valence-electron chi connectivity index (χ4n) is 6.72. The van der Waals surface area contributed by atoms with Crippen molar-refractivity contribution >= 4 is 47.8 Å². The van der Waals surface area contributed by atoms with Crippen molar-refractivity contribution < 1.29 is 105 Å². The van der Waals surface area contributed by atoms with Gasteiger partial charge in [-0.05, 0) is 48.5 Å². The van der Waals surface area contributed by atoms with Crippen molar-refractivity contribution in [3.63, 3.8) is 0 Å². The lowest BCUT2D eigenvalue weighted by Gasteiger charge is -2.49. The average molecular weight is 893 g/mol. The molecule has 0 amide bonds. The van der Waals surface area contributed by atoms with Crippen LogP contribution in [0.2, 0.25) is 0 Å². The third-order valence-electron chi connectivity index (χ3n) is 8.96. The van der Waals surface area contributed by atoms with Gasteiger partial charge in [0.15, 0.2) is 36.6 Å². The minimum absolute atomic E-state index is 0.0632. The predicted molar refractivity (Wildman–Crippen MR) is 203 cm³/mol. The smallest absolute Gasteiger partial charge is 0.303 e. The van der Waals surface area contributed by atoms with Crippen LogP contribution in [0.1, 0.15) is 66.5 Å². The van der Waals surface area contributed by atoms with Gasteiger partial charge >= 0.3 is 47.8 Å². The standard InChI is InChI=1S/C41H48O22/c1-19(42)52-17-31-33(54-21(3)44)35(56-23(5)46)37(58-25(7)48)39(60-31)62-41(27-9-13-29(50)14-10-27,28-11-15-30(51)16-12-28)63-40-38(59-26(8)49)36(57-24(6)47)34(55-22(4)45)32(61-40)18-53-20(2)43/h9-16,31-40,50-51H,17-18H2,1-8H3/t31-,32-,33-,34-,35+,36+,37+,38+,39-,40-/m1/s1. The van der Waals surface area contributed by atoms with Crippen LogP contribution in [0.3, 0.4) is 0 Å². The van der Waals surface area contributed by atoms with Gasteiger partial charge in [-0.3, -0.25) is 38.4 Å². The van der Waals surface area contributed by atoms with Crippen LogP contribution in [0.25, 0.3) is 0 Å². The second kappa shape index (κ2) is 21.6. The molecule has 0 spiro atoms. The van der Waals surface area contributed by atoms with E-state index in [1.54, 1.807) is 0 Å². The molecule has 10 atom stereocenters. The molecule has 2 saturated heterocycles. The Bertz CT molecular complexity index is 1840. The summed E-state index contributed by atoms with van der Waals surface area (Å²) in [5, 5.41) is 20.9. The maximum absolute atomic E-state index is 12.8. The third kappa shape index (κ3) is 13.3. The largest absolute Gasteiger partial charge is 0.508 e. The Morgan fingerprint density at radius 1 is 0.429 bits per heavy atom. The Kier molecular flexibility index (Phi) is 16.9. The van der Waals surface area contributed by atoms with Crippen molar-refractivity contribution in [3.05, 3.63) is 59.7 Å². The maximum atomic E-state index is 12.8. The van der Waals surface area contributed by atoms with Gasteiger partial charge in [0.1, 0.15) is 36.9 Å². The minimum atomic E-state index is -2.59. The molecule has 2 heterocycles. The molecule has 2 aromatic rings. The van der Waals surface area contributed by atoms with Crippen LogP contribution in [-0.2, 0) is 101 Å². The Morgan fingerprint density at radius 3 is 0.968 bits per heavy atom. The molecule has 344 valence electrons. The van der Waals surface area contributed by atoms with Crippen LogP contribution in [-0.4, -0.2) is 133 Å². The van der Waals surface area contributed by atoms with Crippen molar-refractivity contribution in [1.29, 1.82) is 0 Å². The predicted octanol–water partition coefficient (Wildman–Crippen LogP) is 1.50. The molecule has 0 unspecified atom stereocenters. The molecule has 2 aliphatic rings. The third-order valence-corrected chi connectivity index (χ3v) is 8.96. The summed E-state index contributed by atoms with van der Waals surface area (Å²) in [7, 11) is 0. The highest BCUT2D eigenvalue weighted by atomic mass is 16.8. The first-order chi connectivity index (χ1) is 29.6. The number of hydrogen-bond acceptors (Lipinski definition) is 22. The van der Waals surface area contributed by atoms with Crippen molar-refractivity contribution in [1.82, 2.24) is 0 Å². The first-order valence-electron chi connectivity index (χ1n) is 19.2. The van der Waals surface area contributed by atoms with Crippen LogP contribution in [0.15, 0.2) is 48.5 Å². The highest BCUT2D eigenvalue weighted by Crippen LogP contribution is 2.44. The zero-order valence-electron chi connectivity index (χ0n) is 35.4. The number of rotatable bonds is 16. The second-order valence-electron chi connectivity index (χ2n) is 14.1. The minimum Gasteiger partial charge on any atom is -0.508 e. The zero-order chi connectivity index (χ0) is 46.8. The van der Waals surface area contributed by atoms with Crippen molar-refractivity contribution in [2.24, 2.45) is 0 Å². The number of esters is 8. The quantitative estimate of drug-likeness (QED) is 0.137. The molecule has 22 nitrogen and oxygen atoms in total. The molecule has 22 heteroatoms. The number of ether oxygens (including phenoxy) is 12. The van der Waals surface area contributed by atoms with E-state index in [-0.39, 0.29) is 22.6 Å². The molecular weight excluding hydrogens is 844 g/mol. The lowest BCUT2D eigenvalue weighted by Crippen LogP contribution is -2.66. The van der Waals surface area contributed by atoms with Crippen LogP contribution in [0.5, 0.6) is 11.5 Å². The van der Waals surface area contributed by atoms with Crippen LogP contribution in [0.4, 0.5) is 0 Å². The van der Waals surface area contributed by atoms with Gasteiger partial charge in [0.25, 0.3) is 0 Å². The summed E-state index contributed by atoms with van der Waals surface area (Å²) < 4.78 is 70.1. The average Bonchev–Trinajstić information content (AvgIpc) is 3.17. The summed E-state index contributed by atoms with van der Waals surface area (Å²) in [5.74, 6) is -10.5. The van der Waals surface area contributed by atoms with E-state index in [9.17, 15) is 48.6 Å². The highest BCUT2D eigenvalue weighted by Gasteiger charge is 2.59. The summed E-state index contributed by atoms with van der Waals surface area (Å²) >= 11 is 0. The van der Waals surface area contributed by atoms with Crippen molar-refractivity contribution in [2.45, 2.75) is 123 Å². The van der Waals surface area contributed by atoms with E-state index in [2.05, 4.69) is 0 Å². The van der Waals surface area contributed by atoms with Gasteiger partial charge in [-0.15, -0.1) is 0 Å². The van der Waals surface area contributed by atoms with Crippen LogP contribution >= 0.6 is 0 Å². The Balaban J connectivity index is 2.07. The number of hydrogen-bond donors (Lipinski definition) is 2. The SMILES string of the molecule is CC(=O)OC[C@H]1O[C@H](OC(O[C@H]2O[C@H](COC(C)=O)[C@@H](OC(C)=O)[C@H](OC(C)=O)[C@@H]2OC(C)=O)(c2ccc(O)cc2)c2ccc(O)cc2)[C@@H](OC(C)=O)[C@@H](OC(C)=O)[C@@H]1OC(C)=O. The van der Waals surface area contributed by atoms with E-state index in [1.165, 1.54) is 48.5 Å². The normalized spacial score (nSPS) is 25.6. The van der Waals surface area contributed by atoms with E-state index in [1.807, 2.05) is 0 Å². The topological polar surface area (TPSA) is 288 Å². The number of phenols is 2. The molecule has 2 fully saturated rings. The molecule has 0 saturated carbocycles. The molecule has 0 aromatic heterocycles. The number of carbonyl (C=O) groups is 8. The molecule has 0 bridgehead atoms. The summed E-state index contributed by atoms with van der Waals surface area (Å²) in [6, 6.07) is 9.98. The van der Waals surface area contributed by atoms with E-state index >= 15 is 0 Å². The fourth-order valence-corrected chi connectivity index (χ4v) is 6.72. The van der Waals surface area contributed by atoms with E-state index in [0.29, 0.717) is 0 Å². The Morgan fingerprint density at radius 2 is 0.698 bits per heavy atom. The molecule has 0 radical (unpaired) electrons. The first kappa shape index (κ1) is 49.3. The number of benzene rings is 2. The van der Waals surface area contributed by atoms with Gasteiger partial charge in [0.05, 0.1) is 0 Å². The Hall–Kier alpha value is -6.36. The molecular formula is C41H48O22. The van der Waals surface area contributed by atoms with Gasteiger partial charge in [0.2, 0.25) is 18.4 Å². The summed E-state index contributed by atoms with van der Waals surface area (Å²) in [6.45, 7) is 6.88. The van der Waals surface area contributed by atoms with E-state index in [4.69, 9.17) is 56.8 Å². The summed E-state index contributed by atoms with van der Waals surface area (Å²) in [5.41, 5.74) is -0.126. The molecule has 4 rings (SSSR count). The molecule has 2 aromatic carbocycles. The fraction of sp³-hybridized carbons (Fsp3) is 0.512. The van der Waals surface area contributed by atoms with E-state index in [0.717, 1.165) is 55.4 Å². The van der Waals surface area contributed by atoms with E-state index < -0.39 is 128 Å². The van der Waals surface area contributed by atoms with Gasteiger partial charge < -0.3 is 67.1 Å². The van der Waals surface area contributed by atoms with Gasteiger partial charge in [0, 0.05) is 66.5 Å². The van der Waals surface area contributed by atoms with Crippen LogP contribution < -0.4 is 0 Å². The molecule has 63 heavy (non-hydrogen) atoms. The maximum Gasteiger partial charge on any atom is 0.303 e. The Labute approximate surface area is 359 Å². The number of aromatic hydroxyl groups is 2. The van der Waals surface area contributed by atoms with Gasteiger partial charge in [-0.1, -0.05) is 0 Å². The number of carbonyl (C=O) groups excluding carboxylic acids is 8. The molecule has 2 aliphatic heterocycles.